The van der Waals surface area contributed by atoms with E-state index >= 15 is 0 Å². The Morgan fingerprint density at radius 3 is 1.68 bits per heavy atom. The molecule has 4 rings (SSSR count). The van der Waals surface area contributed by atoms with Gasteiger partial charge in [-0.3, -0.25) is 4.79 Å². The average Bonchev–Trinajstić information content (AvgIpc) is 2.94. The quantitative estimate of drug-likeness (QED) is 0.579. The molecule has 0 amide bonds. The molecule has 0 saturated carbocycles. The number of anilines is 1. The van der Waals surface area contributed by atoms with E-state index in [4.69, 9.17) is 16.3 Å². The van der Waals surface area contributed by atoms with Crippen molar-refractivity contribution in [2.45, 2.75) is 44.9 Å². The topological polar surface area (TPSA) is 121 Å². The minimum Gasteiger partial charge on any atom is -0.399 e. The molecule has 2 N–H and O–H groups in total. The van der Waals surface area contributed by atoms with Gasteiger partial charge in [-0.05, 0) is 50.0 Å². The highest BCUT2D eigenvalue weighted by atomic mass is 16.1. The monoisotopic (exact) mass is 498 g/mol. The van der Waals surface area contributed by atoms with Crippen LogP contribution in [0.3, 0.4) is 0 Å². The van der Waals surface area contributed by atoms with Gasteiger partial charge in [0.05, 0.1) is 23.6 Å². The van der Waals surface area contributed by atoms with Gasteiger partial charge in [-0.2, -0.15) is 15.8 Å². The van der Waals surface area contributed by atoms with E-state index in [1.54, 1.807) is 0 Å². The Bertz CT molecular complexity index is 1030. The maximum Gasteiger partial charge on any atom is 0.135 e. The number of rotatable bonds is 6. The number of likely N-dealkylation sites (tertiary alicyclic amines) is 2. The molecule has 2 heterocycles. The lowest BCUT2D eigenvalue weighted by Crippen LogP contribution is -2.40. The normalized spacial score (nSPS) is 16.9. The minimum atomic E-state index is -0.218. The number of Topliss-reactive ketones (excluding diaryl/α,β-unsaturated/α-hetero) is 1. The van der Waals surface area contributed by atoms with Crippen molar-refractivity contribution in [2.75, 3.05) is 45.0 Å². The Kier molecular flexibility index (Phi) is 13.5. The third-order valence-electron chi connectivity index (χ3n) is 6.73. The maximum atomic E-state index is 10.8. The van der Waals surface area contributed by atoms with Crippen LogP contribution in [0.15, 0.2) is 60.7 Å². The number of ketones is 1. The Morgan fingerprint density at radius 2 is 1.24 bits per heavy atom. The summed E-state index contributed by atoms with van der Waals surface area (Å²) >= 11 is 0. The van der Waals surface area contributed by atoms with Crippen molar-refractivity contribution in [1.82, 2.24) is 9.80 Å². The molecule has 2 aliphatic heterocycles. The van der Waals surface area contributed by atoms with Crippen LogP contribution in [0.2, 0.25) is 0 Å². The number of piperidine rings is 2. The molecule has 2 aliphatic rings. The summed E-state index contributed by atoms with van der Waals surface area (Å²) in [6.07, 6.45) is 5.16. The smallest absolute Gasteiger partial charge is 0.135 e. The Morgan fingerprint density at radius 1 is 0.757 bits per heavy atom. The van der Waals surface area contributed by atoms with Crippen molar-refractivity contribution >= 4 is 11.5 Å². The van der Waals surface area contributed by atoms with E-state index in [1.165, 1.54) is 5.56 Å². The van der Waals surface area contributed by atoms with Crippen LogP contribution >= 0.6 is 0 Å². The largest absolute Gasteiger partial charge is 0.399 e. The molecule has 0 aliphatic carbocycles. The molecule has 0 unspecified atom stereocenters. The highest BCUT2D eigenvalue weighted by Gasteiger charge is 2.34. The number of nitrogens with zero attached hydrogens (tertiary/aromatic N) is 5. The van der Waals surface area contributed by atoms with Crippen molar-refractivity contribution in [3.63, 3.8) is 0 Å². The Hall–Kier alpha value is -3.70. The highest BCUT2D eigenvalue weighted by Crippen LogP contribution is 2.34. The third kappa shape index (κ3) is 11.7. The number of carbonyl (C=O) groups is 1. The van der Waals surface area contributed by atoms with Crippen molar-refractivity contribution in [3.05, 3.63) is 66.2 Å². The zero-order chi connectivity index (χ0) is 26.8. The molecule has 7 nitrogen and oxygen atoms in total. The summed E-state index contributed by atoms with van der Waals surface area (Å²) in [5, 5.41) is 26.5. The van der Waals surface area contributed by atoms with Gasteiger partial charge in [0.2, 0.25) is 0 Å². The number of carbonyl (C=O) groups excluding carboxylic acids is 1. The molecular weight excluding hydrogens is 460 g/mol. The summed E-state index contributed by atoms with van der Waals surface area (Å²) < 4.78 is 0. The summed E-state index contributed by atoms with van der Waals surface area (Å²) in [7, 11) is 0. The van der Waals surface area contributed by atoms with Crippen LogP contribution in [0.5, 0.6) is 0 Å². The Balaban J connectivity index is 0.000000224. The molecule has 0 spiro atoms. The molecule has 0 radical (unpaired) electrons. The van der Waals surface area contributed by atoms with E-state index in [2.05, 4.69) is 40.1 Å². The minimum absolute atomic E-state index is 0.218. The molecule has 2 saturated heterocycles. The summed E-state index contributed by atoms with van der Waals surface area (Å²) in [6.45, 7) is 5.22. The predicted octanol–water partition coefficient (Wildman–Crippen LogP) is 4.58. The fourth-order valence-electron chi connectivity index (χ4n) is 4.41. The van der Waals surface area contributed by atoms with Gasteiger partial charge < -0.3 is 15.5 Å². The molecule has 0 atom stereocenters. The summed E-state index contributed by atoms with van der Waals surface area (Å²) in [6, 6.07) is 26.6. The van der Waals surface area contributed by atoms with Gasteiger partial charge >= 0.3 is 0 Å². The molecule has 2 aromatic rings. The van der Waals surface area contributed by atoms with Crippen molar-refractivity contribution < 1.29 is 4.79 Å². The number of para-hydroxylation sites is 1. The number of hydrogen-bond acceptors (Lipinski definition) is 7. The zero-order valence-electron chi connectivity index (χ0n) is 21.7. The van der Waals surface area contributed by atoms with Crippen LogP contribution in [0.1, 0.15) is 44.1 Å². The average molecular weight is 499 g/mol. The first-order valence-electron chi connectivity index (χ1n) is 13.0. The predicted molar refractivity (Wildman–Crippen MR) is 146 cm³/mol. The summed E-state index contributed by atoms with van der Waals surface area (Å²) in [5.41, 5.74) is 7.21. The van der Waals surface area contributed by atoms with Gasteiger partial charge in [0.15, 0.2) is 0 Å². The van der Waals surface area contributed by atoms with E-state index in [1.807, 2.05) is 48.5 Å². The number of nitriles is 3. The van der Waals surface area contributed by atoms with Crippen LogP contribution < -0.4 is 5.73 Å². The molecule has 0 bridgehead atoms. The molecule has 7 heteroatoms. The molecule has 0 aromatic heterocycles. The maximum absolute atomic E-state index is 10.8. The first kappa shape index (κ1) is 29.5. The lowest BCUT2D eigenvalue weighted by atomic mass is 9.75. The van der Waals surface area contributed by atoms with Gasteiger partial charge in [-0.1, -0.05) is 48.5 Å². The van der Waals surface area contributed by atoms with Gasteiger partial charge in [-0.25, -0.2) is 0 Å². The van der Waals surface area contributed by atoms with Gasteiger partial charge in [-0.15, -0.1) is 0 Å². The second-order valence-electron chi connectivity index (χ2n) is 9.50. The van der Waals surface area contributed by atoms with Crippen LogP contribution in [0.25, 0.3) is 0 Å². The van der Waals surface area contributed by atoms with Gasteiger partial charge in [0.25, 0.3) is 0 Å². The van der Waals surface area contributed by atoms with E-state index in [9.17, 15) is 10.1 Å². The standard InChI is InChI=1S/C16H19N3.C8H12N2O.C6H7N/c17-9-4-10-19-11-7-16(14-18,8-12-19)13-15-5-2-1-3-6-15;9-4-1-5-10-6-2-8(11)3-7-10;7-6-4-2-1-3-5-6/h1-3,5-6H,4,7-8,10-13H2;1-3,5-7H2;1-5H,7H2. The van der Waals surface area contributed by atoms with E-state index in [0.29, 0.717) is 31.5 Å². The molecular formula is C30H38N6O. The lowest BCUT2D eigenvalue weighted by Gasteiger charge is -2.37. The lowest BCUT2D eigenvalue weighted by molar-refractivity contribution is -0.121. The van der Waals surface area contributed by atoms with E-state index in [0.717, 1.165) is 64.2 Å². The van der Waals surface area contributed by atoms with Crippen LogP contribution in [-0.2, 0) is 11.2 Å². The second kappa shape index (κ2) is 16.9. The molecule has 2 aromatic carbocycles. The number of hydrogen-bond donors (Lipinski definition) is 1. The third-order valence-corrected chi connectivity index (χ3v) is 6.73. The van der Waals surface area contributed by atoms with Gasteiger partial charge in [0.1, 0.15) is 5.78 Å². The van der Waals surface area contributed by atoms with Crippen molar-refractivity contribution in [3.8, 4) is 18.2 Å². The van der Waals surface area contributed by atoms with Gasteiger partial charge in [0, 0.05) is 57.5 Å². The van der Waals surface area contributed by atoms with Crippen molar-refractivity contribution in [2.24, 2.45) is 5.41 Å². The highest BCUT2D eigenvalue weighted by molar-refractivity contribution is 5.79. The first-order chi connectivity index (χ1) is 18.0. The molecule has 194 valence electrons. The van der Waals surface area contributed by atoms with Crippen LogP contribution in [0, 0.1) is 39.4 Å². The number of benzene rings is 2. The summed E-state index contributed by atoms with van der Waals surface area (Å²) in [4.78, 5) is 15.3. The van der Waals surface area contributed by atoms with Crippen molar-refractivity contribution in [1.29, 1.82) is 15.8 Å². The van der Waals surface area contributed by atoms with E-state index in [-0.39, 0.29) is 5.41 Å². The first-order valence-corrected chi connectivity index (χ1v) is 13.0. The SMILES string of the molecule is N#CCCN1CCC(=O)CC1.N#CCCN1CCC(C#N)(Cc2ccccc2)CC1.Nc1ccccc1. The van der Waals surface area contributed by atoms with Crippen LogP contribution in [0.4, 0.5) is 5.69 Å². The number of nitrogens with two attached hydrogens (primary N) is 1. The zero-order valence-corrected chi connectivity index (χ0v) is 21.7. The molecule has 2 fully saturated rings. The van der Waals surface area contributed by atoms with E-state index < -0.39 is 0 Å². The fraction of sp³-hybridized carbons (Fsp3) is 0.467. The Labute approximate surface area is 221 Å². The summed E-state index contributed by atoms with van der Waals surface area (Å²) in [5.74, 6) is 0.359. The van der Waals surface area contributed by atoms with Crippen LogP contribution in [-0.4, -0.2) is 54.9 Å². The molecule has 37 heavy (non-hydrogen) atoms. The second-order valence-corrected chi connectivity index (χ2v) is 9.50. The fourth-order valence-corrected chi connectivity index (χ4v) is 4.41. The number of nitrogen functional groups attached to an aromatic ring is 1.